The van der Waals surface area contributed by atoms with Gasteiger partial charge in [-0.3, -0.25) is 4.99 Å². The van der Waals surface area contributed by atoms with Crippen molar-refractivity contribution >= 4 is 39.5 Å². The fourth-order valence-electron chi connectivity index (χ4n) is 6.02. The second kappa shape index (κ2) is 10.8. The molecule has 6 rings (SSSR count). The Morgan fingerprint density at radius 2 is 1.77 bits per heavy atom. The average molecular weight is 553 g/mol. The number of hydrogen-bond donors (Lipinski definition) is 1. The Morgan fingerprint density at radius 1 is 1.05 bits per heavy atom. The van der Waals surface area contributed by atoms with Crippen LogP contribution in [0.4, 0.5) is 16.2 Å². The van der Waals surface area contributed by atoms with Crippen molar-refractivity contribution in [3.63, 3.8) is 0 Å². The molecule has 1 aromatic rings. The maximum absolute atomic E-state index is 12.9. The molecular formula is C28H36N6O4S. The van der Waals surface area contributed by atoms with Gasteiger partial charge in [-0.05, 0) is 62.1 Å². The van der Waals surface area contributed by atoms with Crippen LogP contribution in [0.2, 0.25) is 0 Å². The molecule has 10 nitrogen and oxygen atoms in total. The minimum Gasteiger partial charge on any atom is -0.488 e. The van der Waals surface area contributed by atoms with Crippen molar-refractivity contribution in [2.45, 2.75) is 37.8 Å². The summed E-state index contributed by atoms with van der Waals surface area (Å²) in [6.07, 6.45) is 13.0. The number of piperidine rings is 1. The lowest BCUT2D eigenvalue weighted by atomic mass is 9.79. The van der Waals surface area contributed by atoms with Crippen LogP contribution in [0.15, 0.2) is 58.2 Å². The van der Waals surface area contributed by atoms with Crippen molar-refractivity contribution in [3.8, 4) is 0 Å². The second-order valence-electron chi connectivity index (χ2n) is 11.0. The number of aliphatic imine (C=N–C) groups is 2. The third kappa shape index (κ3) is 5.74. The van der Waals surface area contributed by atoms with Crippen LogP contribution in [0, 0.1) is 11.8 Å². The Morgan fingerprint density at radius 3 is 2.46 bits per heavy atom. The summed E-state index contributed by atoms with van der Waals surface area (Å²) in [5.74, 6) is 1.10. The zero-order chi connectivity index (χ0) is 27.0. The topological polar surface area (TPSA) is 107 Å². The van der Waals surface area contributed by atoms with Crippen molar-refractivity contribution in [1.82, 2.24) is 9.21 Å². The Kier molecular flexibility index (Phi) is 7.20. The maximum atomic E-state index is 12.9. The largest absolute Gasteiger partial charge is 0.488 e. The van der Waals surface area contributed by atoms with Gasteiger partial charge < -0.3 is 19.9 Å². The number of nitrogens with one attached hydrogen (secondary N) is 1. The van der Waals surface area contributed by atoms with E-state index in [9.17, 15) is 13.2 Å². The van der Waals surface area contributed by atoms with Crippen LogP contribution in [0.1, 0.15) is 25.7 Å². The van der Waals surface area contributed by atoms with Crippen LogP contribution in [0.3, 0.4) is 0 Å². The Hall–Kier alpha value is -3.18. The van der Waals surface area contributed by atoms with Crippen LogP contribution < -0.4 is 10.2 Å². The molecule has 0 radical (unpaired) electrons. The van der Waals surface area contributed by atoms with Gasteiger partial charge in [0, 0.05) is 55.1 Å². The molecule has 1 N–H and O–H groups in total. The highest BCUT2D eigenvalue weighted by atomic mass is 32.2. The summed E-state index contributed by atoms with van der Waals surface area (Å²) in [6, 6.07) is 8.02. The van der Waals surface area contributed by atoms with E-state index in [4.69, 9.17) is 4.74 Å². The molecule has 4 heterocycles. The first-order valence-electron chi connectivity index (χ1n) is 13.9. The summed E-state index contributed by atoms with van der Waals surface area (Å²) in [5, 5.41) is 3.06. The van der Waals surface area contributed by atoms with Crippen LogP contribution in [0.25, 0.3) is 0 Å². The number of hydrogen-bond acceptors (Lipinski definition) is 7. The number of likely N-dealkylation sites (tertiary alicyclic amines) is 1. The number of rotatable bonds is 6. The van der Waals surface area contributed by atoms with Crippen LogP contribution in [-0.2, 0) is 14.8 Å². The summed E-state index contributed by atoms with van der Waals surface area (Å²) in [7, 11) is -3.16. The van der Waals surface area contributed by atoms with E-state index in [0.717, 1.165) is 43.1 Å². The fourth-order valence-corrected chi connectivity index (χ4v) is 6.89. The highest BCUT2D eigenvalue weighted by Gasteiger charge is 2.37. The van der Waals surface area contributed by atoms with Crippen molar-refractivity contribution < 1.29 is 17.9 Å². The molecule has 39 heavy (non-hydrogen) atoms. The van der Waals surface area contributed by atoms with E-state index < -0.39 is 10.0 Å². The third-order valence-electron chi connectivity index (χ3n) is 8.33. The molecule has 3 fully saturated rings. The molecule has 2 unspecified atom stereocenters. The zero-order valence-electron chi connectivity index (χ0n) is 22.3. The lowest BCUT2D eigenvalue weighted by molar-refractivity contribution is 0.0267. The van der Waals surface area contributed by atoms with Gasteiger partial charge in [0.2, 0.25) is 10.0 Å². The number of amides is 2. The average Bonchev–Trinajstić information content (AvgIpc) is 3.45. The van der Waals surface area contributed by atoms with Gasteiger partial charge in [-0.15, -0.1) is 0 Å². The summed E-state index contributed by atoms with van der Waals surface area (Å²) in [6.45, 7) is 4.33. The van der Waals surface area contributed by atoms with Crippen molar-refractivity contribution in [2.75, 3.05) is 55.7 Å². The molecule has 0 aromatic heterocycles. The van der Waals surface area contributed by atoms with Crippen molar-refractivity contribution in [1.29, 1.82) is 0 Å². The van der Waals surface area contributed by atoms with E-state index in [1.54, 1.807) is 6.34 Å². The molecule has 2 amide bonds. The fraction of sp³-hybridized carbons (Fsp3) is 0.536. The molecular weight excluding hydrogens is 516 g/mol. The van der Waals surface area contributed by atoms with Crippen LogP contribution >= 0.6 is 0 Å². The van der Waals surface area contributed by atoms with Gasteiger partial charge in [-0.25, -0.2) is 18.2 Å². The number of nitrogens with zero attached hydrogens (tertiary/aromatic N) is 5. The first kappa shape index (κ1) is 26.1. The zero-order valence-corrected chi connectivity index (χ0v) is 23.1. The first-order valence-corrected chi connectivity index (χ1v) is 15.7. The molecule has 4 aliphatic heterocycles. The SMILES string of the molecule is CS(=O)(=O)N1CC(OC2=CC3N=CN=C(C4CCN(C(=O)Nc5ccc(N6CCCC6)cc5)CC4)C3C=C2)C1. The molecule has 1 aliphatic carbocycles. The van der Waals surface area contributed by atoms with Crippen molar-refractivity contribution in [3.05, 3.63) is 48.3 Å². The van der Waals surface area contributed by atoms with E-state index >= 15 is 0 Å². The van der Waals surface area contributed by atoms with Gasteiger partial charge in [0.1, 0.15) is 18.2 Å². The molecule has 1 aromatic carbocycles. The van der Waals surface area contributed by atoms with Crippen LogP contribution in [0.5, 0.6) is 0 Å². The quantitative estimate of drug-likeness (QED) is 0.584. The number of urea groups is 1. The third-order valence-corrected chi connectivity index (χ3v) is 9.57. The van der Waals surface area contributed by atoms with E-state index in [2.05, 4.69) is 38.4 Å². The number of allylic oxidation sites excluding steroid dienone is 1. The predicted molar refractivity (Wildman–Crippen MR) is 153 cm³/mol. The van der Waals surface area contributed by atoms with Gasteiger partial charge in [0.25, 0.3) is 0 Å². The summed E-state index contributed by atoms with van der Waals surface area (Å²) in [5.41, 5.74) is 3.16. The lowest BCUT2D eigenvalue weighted by Gasteiger charge is -2.39. The molecule has 11 heteroatoms. The molecule has 0 spiro atoms. The van der Waals surface area contributed by atoms with Gasteiger partial charge in [-0.1, -0.05) is 6.08 Å². The monoisotopic (exact) mass is 552 g/mol. The highest BCUT2D eigenvalue weighted by Crippen LogP contribution is 2.32. The molecule has 2 atom stereocenters. The second-order valence-corrected chi connectivity index (χ2v) is 13.0. The number of sulfonamides is 1. The summed E-state index contributed by atoms with van der Waals surface area (Å²) >= 11 is 0. The number of carbonyl (C=O) groups is 1. The number of benzene rings is 1. The van der Waals surface area contributed by atoms with E-state index in [1.165, 1.54) is 29.1 Å². The number of ether oxygens (including phenoxy) is 1. The highest BCUT2D eigenvalue weighted by molar-refractivity contribution is 7.88. The molecule has 0 saturated carbocycles. The van der Waals surface area contributed by atoms with Gasteiger partial charge in [-0.2, -0.15) is 4.31 Å². The lowest BCUT2D eigenvalue weighted by Crippen LogP contribution is -2.54. The molecule has 3 saturated heterocycles. The normalized spacial score (nSPS) is 26.1. The van der Waals surface area contributed by atoms with Gasteiger partial charge in [0.15, 0.2) is 0 Å². The van der Waals surface area contributed by atoms with Gasteiger partial charge >= 0.3 is 6.03 Å². The Bertz CT molecular complexity index is 1300. The smallest absolute Gasteiger partial charge is 0.321 e. The minimum atomic E-state index is -3.16. The predicted octanol–water partition coefficient (Wildman–Crippen LogP) is 3.11. The van der Waals surface area contributed by atoms with E-state index in [0.29, 0.717) is 32.1 Å². The van der Waals surface area contributed by atoms with Crippen molar-refractivity contribution in [2.24, 2.45) is 21.8 Å². The first-order chi connectivity index (χ1) is 18.8. The summed E-state index contributed by atoms with van der Waals surface area (Å²) < 4.78 is 30.6. The Balaban J connectivity index is 0.990. The standard InChI is InChI=1S/C28H36N6O4S/c1-39(36,37)34-17-24(18-34)38-23-8-9-25-26(16-23)29-19-30-27(25)20-10-14-33(15-11-20)28(35)31-21-4-6-22(7-5-21)32-12-2-3-13-32/h4-9,16,19-20,24-26H,2-3,10-15,17-18H2,1H3,(H,31,35). The number of carbonyl (C=O) groups excluding carboxylic acids is 1. The summed E-state index contributed by atoms with van der Waals surface area (Å²) in [4.78, 5) is 26.4. The Labute approximate surface area is 230 Å². The molecule has 0 bridgehead atoms. The maximum Gasteiger partial charge on any atom is 0.321 e. The van der Waals surface area contributed by atoms with E-state index in [-0.39, 0.29) is 24.1 Å². The number of fused-ring (bicyclic) bond motifs is 1. The van der Waals surface area contributed by atoms with Gasteiger partial charge in [0.05, 0.1) is 25.4 Å². The van der Waals surface area contributed by atoms with E-state index in [1.807, 2.05) is 29.2 Å². The molecule has 208 valence electrons. The van der Waals surface area contributed by atoms with Crippen LogP contribution in [-0.4, -0.2) is 93.4 Å². The number of anilines is 2. The molecule has 5 aliphatic rings. The minimum absolute atomic E-state index is 0.0555.